The van der Waals surface area contributed by atoms with Crippen molar-refractivity contribution < 1.29 is 31.1 Å². The summed E-state index contributed by atoms with van der Waals surface area (Å²) >= 11 is 0. The zero-order valence-corrected chi connectivity index (χ0v) is 16.7. The van der Waals surface area contributed by atoms with Gasteiger partial charge in [0.1, 0.15) is 11.5 Å². The van der Waals surface area contributed by atoms with Crippen LogP contribution in [0, 0.1) is 0 Å². The summed E-state index contributed by atoms with van der Waals surface area (Å²) < 4.78 is 78.9. The lowest BCUT2D eigenvalue weighted by molar-refractivity contribution is -0.138. The van der Waals surface area contributed by atoms with E-state index in [1.165, 1.54) is 42.2 Å². The quantitative estimate of drug-likeness (QED) is 0.395. The number of benzene rings is 1. The molecule has 0 spiro atoms. The topological polar surface area (TPSA) is 63.4 Å². The fourth-order valence-electron chi connectivity index (χ4n) is 3.10. The second kappa shape index (κ2) is 7.87. The summed E-state index contributed by atoms with van der Waals surface area (Å²) in [6.07, 6.45) is -4.16. The molecular formula is C21H13F6N5O. The minimum Gasteiger partial charge on any atom is -0.296 e. The van der Waals surface area contributed by atoms with Gasteiger partial charge >= 0.3 is 12.4 Å². The SMILES string of the molecule is CN(C(=O)c1cn2c(-c3ccc(C(F)(F)F)cc3)cnc2cn1)c1cc(C(F)(F)F)ccn1. The number of aromatic nitrogens is 4. The van der Waals surface area contributed by atoms with Gasteiger partial charge in [-0.25, -0.2) is 15.0 Å². The highest BCUT2D eigenvalue weighted by molar-refractivity contribution is 6.03. The predicted molar refractivity (Wildman–Crippen MR) is 105 cm³/mol. The molecule has 1 aromatic carbocycles. The Bertz CT molecular complexity index is 1330. The lowest BCUT2D eigenvalue weighted by atomic mass is 10.1. The molecule has 4 rings (SSSR count). The number of anilines is 1. The molecule has 1 amide bonds. The first-order valence-corrected chi connectivity index (χ1v) is 9.27. The van der Waals surface area contributed by atoms with Crippen LogP contribution in [0.1, 0.15) is 21.6 Å². The predicted octanol–water partition coefficient (Wildman–Crippen LogP) is 5.11. The Balaban J connectivity index is 1.68. The summed E-state index contributed by atoms with van der Waals surface area (Å²) in [5, 5.41) is 0. The molecule has 33 heavy (non-hydrogen) atoms. The third kappa shape index (κ3) is 4.36. The second-order valence-electron chi connectivity index (χ2n) is 6.98. The van der Waals surface area contributed by atoms with Crippen molar-refractivity contribution in [2.24, 2.45) is 0 Å². The van der Waals surface area contributed by atoms with Crippen molar-refractivity contribution in [2.75, 3.05) is 11.9 Å². The maximum Gasteiger partial charge on any atom is 0.416 e. The van der Waals surface area contributed by atoms with Crippen molar-refractivity contribution in [3.63, 3.8) is 0 Å². The van der Waals surface area contributed by atoms with Crippen molar-refractivity contribution in [3.05, 3.63) is 78.0 Å². The van der Waals surface area contributed by atoms with Gasteiger partial charge in [-0.15, -0.1) is 0 Å². The standard InChI is InChI=1S/C21H13F6N5O/c1-31(17-8-14(6-7-28-17)21(25,26)27)19(33)15-11-32-16(9-30-18(32)10-29-15)12-2-4-13(5-3-12)20(22,23)24/h2-11H,1H3. The molecule has 0 aliphatic heterocycles. The molecule has 0 bridgehead atoms. The summed E-state index contributed by atoms with van der Waals surface area (Å²) in [6.45, 7) is 0. The monoisotopic (exact) mass is 465 g/mol. The van der Waals surface area contributed by atoms with Crippen LogP contribution in [0.2, 0.25) is 0 Å². The van der Waals surface area contributed by atoms with Gasteiger partial charge in [-0.1, -0.05) is 12.1 Å². The number of fused-ring (bicyclic) bond motifs is 1. The summed E-state index contributed by atoms with van der Waals surface area (Å²) in [4.78, 5) is 25.7. The molecule has 12 heteroatoms. The van der Waals surface area contributed by atoms with Crippen molar-refractivity contribution in [3.8, 4) is 11.3 Å². The zero-order chi connectivity index (χ0) is 24.0. The highest BCUT2D eigenvalue weighted by atomic mass is 19.4. The largest absolute Gasteiger partial charge is 0.416 e. The molecule has 0 saturated heterocycles. The second-order valence-corrected chi connectivity index (χ2v) is 6.98. The lowest BCUT2D eigenvalue weighted by Gasteiger charge is -2.17. The van der Waals surface area contributed by atoms with Gasteiger partial charge in [0.15, 0.2) is 5.65 Å². The molecular weight excluding hydrogens is 452 g/mol. The summed E-state index contributed by atoms with van der Waals surface area (Å²) in [7, 11) is 1.25. The molecule has 3 aromatic heterocycles. The van der Waals surface area contributed by atoms with Gasteiger partial charge in [-0.3, -0.25) is 14.1 Å². The Hall–Kier alpha value is -3.96. The molecule has 4 aromatic rings. The normalized spacial score (nSPS) is 12.2. The third-order valence-corrected chi connectivity index (χ3v) is 4.84. The number of pyridine rings is 1. The number of halogens is 6. The van der Waals surface area contributed by atoms with E-state index in [2.05, 4.69) is 15.0 Å². The van der Waals surface area contributed by atoms with Gasteiger partial charge in [-0.2, -0.15) is 26.3 Å². The number of hydrogen-bond acceptors (Lipinski definition) is 4. The van der Waals surface area contributed by atoms with E-state index >= 15 is 0 Å². The Kier molecular flexibility index (Phi) is 5.30. The number of nitrogens with zero attached hydrogens (tertiary/aromatic N) is 5. The van der Waals surface area contributed by atoms with Crippen molar-refractivity contribution in [1.29, 1.82) is 0 Å². The highest BCUT2D eigenvalue weighted by Gasteiger charge is 2.32. The molecule has 0 aliphatic rings. The third-order valence-electron chi connectivity index (χ3n) is 4.84. The van der Waals surface area contributed by atoms with E-state index in [9.17, 15) is 31.1 Å². The first-order chi connectivity index (χ1) is 15.4. The molecule has 0 fully saturated rings. The van der Waals surface area contributed by atoms with E-state index < -0.39 is 29.4 Å². The number of carbonyl (C=O) groups is 1. The van der Waals surface area contributed by atoms with Crippen LogP contribution < -0.4 is 4.90 Å². The van der Waals surface area contributed by atoms with Crippen molar-refractivity contribution >= 4 is 17.4 Å². The number of imidazole rings is 1. The minimum atomic E-state index is -4.61. The summed E-state index contributed by atoms with van der Waals surface area (Å²) in [5.74, 6) is -0.971. The fraction of sp³-hybridized carbons (Fsp3) is 0.143. The van der Waals surface area contributed by atoms with E-state index in [1.807, 2.05) is 0 Å². The first kappa shape index (κ1) is 22.2. The Morgan fingerprint density at radius 3 is 2.18 bits per heavy atom. The van der Waals surface area contributed by atoms with Crippen molar-refractivity contribution in [2.45, 2.75) is 12.4 Å². The van der Waals surface area contributed by atoms with Gasteiger partial charge < -0.3 is 0 Å². The first-order valence-electron chi connectivity index (χ1n) is 9.27. The van der Waals surface area contributed by atoms with Gasteiger partial charge in [0, 0.05) is 25.0 Å². The van der Waals surface area contributed by atoms with Crippen LogP contribution in [-0.4, -0.2) is 32.3 Å². The van der Waals surface area contributed by atoms with Crippen LogP contribution in [0.5, 0.6) is 0 Å². The molecule has 0 saturated carbocycles. The van der Waals surface area contributed by atoms with Crippen LogP contribution in [0.4, 0.5) is 32.2 Å². The van der Waals surface area contributed by atoms with Gasteiger partial charge in [0.25, 0.3) is 5.91 Å². The molecule has 0 unspecified atom stereocenters. The Morgan fingerprint density at radius 2 is 1.55 bits per heavy atom. The van der Waals surface area contributed by atoms with Gasteiger partial charge in [0.05, 0.1) is 29.2 Å². The molecule has 3 heterocycles. The lowest BCUT2D eigenvalue weighted by Crippen LogP contribution is -2.28. The van der Waals surface area contributed by atoms with E-state index in [0.29, 0.717) is 16.9 Å². The summed E-state index contributed by atoms with van der Waals surface area (Å²) in [6, 6.07) is 5.92. The summed E-state index contributed by atoms with van der Waals surface area (Å²) in [5.41, 5.74) is -0.776. The molecule has 0 radical (unpaired) electrons. The molecule has 170 valence electrons. The molecule has 0 aliphatic carbocycles. The van der Waals surface area contributed by atoms with Crippen LogP contribution >= 0.6 is 0 Å². The number of hydrogen-bond donors (Lipinski definition) is 0. The highest BCUT2D eigenvalue weighted by Crippen LogP contribution is 2.32. The average molecular weight is 465 g/mol. The number of rotatable bonds is 3. The smallest absolute Gasteiger partial charge is 0.296 e. The van der Waals surface area contributed by atoms with E-state index in [0.717, 1.165) is 35.4 Å². The minimum absolute atomic E-state index is 0.129. The van der Waals surface area contributed by atoms with Crippen LogP contribution in [0.25, 0.3) is 16.9 Å². The van der Waals surface area contributed by atoms with Gasteiger partial charge in [0.2, 0.25) is 0 Å². The van der Waals surface area contributed by atoms with E-state index in [-0.39, 0.29) is 11.5 Å². The fourth-order valence-corrected chi connectivity index (χ4v) is 3.10. The number of alkyl halides is 6. The van der Waals surface area contributed by atoms with Crippen LogP contribution in [0.3, 0.4) is 0 Å². The molecule has 6 nitrogen and oxygen atoms in total. The maximum absolute atomic E-state index is 13.0. The average Bonchev–Trinajstić information content (AvgIpc) is 3.20. The van der Waals surface area contributed by atoms with Crippen LogP contribution in [-0.2, 0) is 12.4 Å². The van der Waals surface area contributed by atoms with Gasteiger partial charge in [-0.05, 0) is 24.3 Å². The van der Waals surface area contributed by atoms with Crippen LogP contribution in [0.15, 0.2) is 61.2 Å². The van der Waals surface area contributed by atoms with E-state index in [4.69, 9.17) is 0 Å². The Labute approximate surface area is 182 Å². The number of carbonyl (C=O) groups excluding carboxylic acids is 1. The number of amides is 1. The zero-order valence-electron chi connectivity index (χ0n) is 16.7. The maximum atomic E-state index is 13.0. The van der Waals surface area contributed by atoms with E-state index in [1.54, 1.807) is 0 Å². The molecule has 0 atom stereocenters. The Morgan fingerprint density at radius 1 is 0.879 bits per heavy atom. The van der Waals surface area contributed by atoms with Crippen molar-refractivity contribution in [1.82, 2.24) is 19.4 Å². The molecule has 0 N–H and O–H groups in total.